The standard InChI is InChI=1S/C16H23NO5S/c1-4-22-16(18)13-6-5-9-17(11-13)23(19,20)15-10-12(2)7-8-14(15)21-3/h7-8,10,13H,4-6,9,11H2,1-3H3/t13-/m0/s1. The van der Waals surface area contributed by atoms with Crippen LogP contribution in [0.15, 0.2) is 23.1 Å². The lowest BCUT2D eigenvalue weighted by atomic mass is 10.0. The average molecular weight is 341 g/mol. The fourth-order valence-corrected chi connectivity index (χ4v) is 4.50. The van der Waals surface area contributed by atoms with E-state index in [1.54, 1.807) is 25.1 Å². The number of rotatable bonds is 5. The van der Waals surface area contributed by atoms with Gasteiger partial charge < -0.3 is 9.47 Å². The van der Waals surface area contributed by atoms with Gasteiger partial charge in [0.05, 0.1) is 19.6 Å². The van der Waals surface area contributed by atoms with Gasteiger partial charge in [0.25, 0.3) is 0 Å². The van der Waals surface area contributed by atoms with Crippen LogP contribution in [0, 0.1) is 12.8 Å². The van der Waals surface area contributed by atoms with E-state index in [2.05, 4.69) is 0 Å². The van der Waals surface area contributed by atoms with Crippen molar-refractivity contribution in [3.63, 3.8) is 0 Å². The quantitative estimate of drug-likeness (QED) is 0.766. The van der Waals surface area contributed by atoms with Crippen molar-refractivity contribution in [2.45, 2.75) is 31.6 Å². The zero-order valence-electron chi connectivity index (χ0n) is 13.7. The molecular weight excluding hydrogens is 318 g/mol. The Bertz CT molecular complexity index is 671. The van der Waals surface area contributed by atoms with E-state index in [0.29, 0.717) is 31.7 Å². The summed E-state index contributed by atoms with van der Waals surface area (Å²) in [5.41, 5.74) is 0.836. The lowest BCUT2D eigenvalue weighted by molar-refractivity contribution is -0.149. The number of aryl methyl sites for hydroxylation is 1. The number of piperidine rings is 1. The summed E-state index contributed by atoms with van der Waals surface area (Å²) >= 11 is 0. The molecule has 0 N–H and O–H groups in total. The molecule has 1 aromatic rings. The van der Waals surface area contributed by atoms with Crippen molar-refractivity contribution in [3.8, 4) is 5.75 Å². The molecule has 0 radical (unpaired) electrons. The van der Waals surface area contributed by atoms with E-state index < -0.39 is 15.9 Å². The topological polar surface area (TPSA) is 72.9 Å². The SMILES string of the molecule is CCOC(=O)[C@H]1CCCN(S(=O)(=O)c2cc(C)ccc2OC)C1. The van der Waals surface area contributed by atoms with E-state index in [4.69, 9.17) is 9.47 Å². The molecule has 6 nitrogen and oxygen atoms in total. The third-order valence-corrected chi connectivity index (χ3v) is 5.83. The van der Waals surface area contributed by atoms with Crippen LogP contribution in [-0.4, -0.2) is 45.5 Å². The first-order valence-electron chi connectivity index (χ1n) is 7.71. The van der Waals surface area contributed by atoms with Gasteiger partial charge in [-0.15, -0.1) is 0 Å². The molecule has 1 saturated heterocycles. The van der Waals surface area contributed by atoms with Crippen LogP contribution in [0.2, 0.25) is 0 Å². The van der Waals surface area contributed by atoms with Crippen molar-refractivity contribution in [1.82, 2.24) is 4.31 Å². The number of hydrogen-bond donors (Lipinski definition) is 0. The Morgan fingerprint density at radius 3 is 2.78 bits per heavy atom. The minimum Gasteiger partial charge on any atom is -0.495 e. The molecule has 0 aliphatic carbocycles. The summed E-state index contributed by atoms with van der Waals surface area (Å²) < 4.78 is 37.5. The molecule has 128 valence electrons. The molecule has 1 aromatic carbocycles. The highest BCUT2D eigenvalue weighted by molar-refractivity contribution is 7.89. The predicted molar refractivity (Wildman–Crippen MR) is 85.8 cm³/mol. The van der Waals surface area contributed by atoms with Crippen LogP contribution in [0.1, 0.15) is 25.3 Å². The Kier molecular flexibility index (Phi) is 5.64. The summed E-state index contributed by atoms with van der Waals surface area (Å²) in [6, 6.07) is 5.05. The third kappa shape index (κ3) is 3.84. The maximum Gasteiger partial charge on any atom is 0.310 e. The number of sulfonamides is 1. The van der Waals surface area contributed by atoms with Crippen molar-refractivity contribution in [1.29, 1.82) is 0 Å². The molecule has 23 heavy (non-hydrogen) atoms. The predicted octanol–water partition coefficient (Wildman–Crippen LogP) is 1.97. The van der Waals surface area contributed by atoms with Gasteiger partial charge in [-0.05, 0) is 44.4 Å². The molecule has 0 amide bonds. The Hall–Kier alpha value is -1.60. The summed E-state index contributed by atoms with van der Waals surface area (Å²) in [4.78, 5) is 12.1. The van der Waals surface area contributed by atoms with E-state index in [1.807, 2.05) is 6.92 Å². The molecule has 7 heteroatoms. The van der Waals surface area contributed by atoms with Crippen LogP contribution in [0.4, 0.5) is 0 Å². The van der Waals surface area contributed by atoms with E-state index in [1.165, 1.54) is 11.4 Å². The van der Waals surface area contributed by atoms with Crippen LogP contribution in [0.3, 0.4) is 0 Å². The highest BCUT2D eigenvalue weighted by Crippen LogP contribution is 2.30. The van der Waals surface area contributed by atoms with E-state index in [0.717, 1.165) is 5.56 Å². The van der Waals surface area contributed by atoms with Gasteiger partial charge in [0.1, 0.15) is 10.6 Å². The summed E-state index contributed by atoms with van der Waals surface area (Å²) in [7, 11) is -2.26. The van der Waals surface area contributed by atoms with Gasteiger partial charge in [-0.25, -0.2) is 8.42 Å². The molecule has 1 aliphatic heterocycles. The second-order valence-electron chi connectivity index (χ2n) is 5.61. The van der Waals surface area contributed by atoms with Crippen LogP contribution in [-0.2, 0) is 19.6 Å². The maximum absolute atomic E-state index is 12.9. The Morgan fingerprint density at radius 1 is 1.39 bits per heavy atom. The fourth-order valence-electron chi connectivity index (χ4n) is 2.74. The average Bonchev–Trinajstić information content (AvgIpc) is 2.55. The van der Waals surface area contributed by atoms with Gasteiger partial charge in [-0.1, -0.05) is 6.07 Å². The second kappa shape index (κ2) is 7.31. The summed E-state index contributed by atoms with van der Waals surface area (Å²) in [5, 5.41) is 0. The van der Waals surface area contributed by atoms with E-state index in [-0.39, 0.29) is 17.4 Å². The Labute approximate surface area is 137 Å². The first kappa shape index (κ1) is 17.7. The molecule has 1 fully saturated rings. The van der Waals surface area contributed by atoms with Crippen LogP contribution in [0.25, 0.3) is 0 Å². The first-order valence-corrected chi connectivity index (χ1v) is 9.15. The highest BCUT2D eigenvalue weighted by Gasteiger charge is 2.35. The van der Waals surface area contributed by atoms with Crippen LogP contribution >= 0.6 is 0 Å². The number of methoxy groups -OCH3 is 1. The zero-order valence-corrected chi connectivity index (χ0v) is 14.6. The minimum absolute atomic E-state index is 0.143. The first-order chi connectivity index (χ1) is 10.9. The molecule has 1 atom stereocenters. The zero-order chi connectivity index (χ0) is 17.0. The number of benzene rings is 1. The molecule has 2 rings (SSSR count). The maximum atomic E-state index is 12.9. The molecular formula is C16H23NO5S. The number of ether oxygens (including phenoxy) is 2. The summed E-state index contributed by atoms with van der Waals surface area (Å²) in [6.45, 7) is 4.42. The third-order valence-electron chi connectivity index (χ3n) is 3.94. The van der Waals surface area contributed by atoms with Crippen molar-refractivity contribution in [3.05, 3.63) is 23.8 Å². The van der Waals surface area contributed by atoms with Gasteiger partial charge >= 0.3 is 5.97 Å². The molecule has 1 aliphatic rings. The number of carbonyl (C=O) groups is 1. The lowest BCUT2D eigenvalue weighted by Crippen LogP contribution is -2.42. The highest BCUT2D eigenvalue weighted by atomic mass is 32.2. The number of carbonyl (C=O) groups excluding carboxylic acids is 1. The van der Waals surface area contributed by atoms with Gasteiger partial charge in [-0.2, -0.15) is 4.31 Å². The van der Waals surface area contributed by atoms with Gasteiger partial charge in [-0.3, -0.25) is 4.79 Å². The van der Waals surface area contributed by atoms with Gasteiger partial charge in [0, 0.05) is 13.1 Å². The fraction of sp³-hybridized carbons (Fsp3) is 0.562. The Morgan fingerprint density at radius 2 is 2.13 bits per heavy atom. The molecule has 0 bridgehead atoms. The van der Waals surface area contributed by atoms with Crippen LogP contribution < -0.4 is 4.74 Å². The van der Waals surface area contributed by atoms with Crippen molar-refractivity contribution in [2.75, 3.05) is 26.8 Å². The van der Waals surface area contributed by atoms with Crippen molar-refractivity contribution < 1.29 is 22.7 Å². The normalized spacial score (nSPS) is 19.3. The smallest absolute Gasteiger partial charge is 0.310 e. The minimum atomic E-state index is -3.71. The Balaban J connectivity index is 2.29. The number of nitrogens with zero attached hydrogens (tertiary/aromatic N) is 1. The molecule has 0 unspecified atom stereocenters. The molecule has 0 spiro atoms. The monoisotopic (exact) mass is 341 g/mol. The largest absolute Gasteiger partial charge is 0.495 e. The van der Waals surface area contributed by atoms with Gasteiger partial charge in [0.2, 0.25) is 10.0 Å². The molecule has 0 saturated carbocycles. The summed E-state index contributed by atoms with van der Waals surface area (Å²) in [6.07, 6.45) is 1.28. The number of esters is 1. The molecule has 0 aromatic heterocycles. The van der Waals surface area contributed by atoms with Crippen molar-refractivity contribution >= 4 is 16.0 Å². The van der Waals surface area contributed by atoms with Crippen LogP contribution in [0.5, 0.6) is 5.75 Å². The van der Waals surface area contributed by atoms with Crippen molar-refractivity contribution in [2.24, 2.45) is 5.92 Å². The van der Waals surface area contributed by atoms with Gasteiger partial charge in [0.15, 0.2) is 0 Å². The lowest BCUT2D eigenvalue weighted by Gasteiger charge is -2.31. The number of hydrogen-bond acceptors (Lipinski definition) is 5. The summed E-state index contributed by atoms with van der Waals surface area (Å²) in [5.74, 6) is -0.424. The van der Waals surface area contributed by atoms with E-state index >= 15 is 0 Å². The molecule has 1 heterocycles. The van der Waals surface area contributed by atoms with E-state index in [9.17, 15) is 13.2 Å². The second-order valence-corrected chi connectivity index (χ2v) is 7.51.